The van der Waals surface area contributed by atoms with Crippen molar-refractivity contribution in [2.24, 2.45) is 5.92 Å². The quantitative estimate of drug-likeness (QED) is 0.488. The molecule has 2 aromatic rings. The second-order valence-corrected chi connectivity index (χ2v) is 11.7. The van der Waals surface area contributed by atoms with Gasteiger partial charge in [0.05, 0.1) is 10.9 Å². The van der Waals surface area contributed by atoms with Crippen LogP contribution in [-0.2, 0) is 14.8 Å². The molecular formula is C27H35FN4O4S. The van der Waals surface area contributed by atoms with Crippen molar-refractivity contribution in [3.05, 3.63) is 59.9 Å². The van der Waals surface area contributed by atoms with Crippen molar-refractivity contribution >= 4 is 27.6 Å². The van der Waals surface area contributed by atoms with Gasteiger partial charge in [-0.1, -0.05) is 12.1 Å². The summed E-state index contributed by atoms with van der Waals surface area (Å²) in [5.74, 6) is -0.578. The number of carbonyl (C=O) groups is 2. The van der Waals surface area contributed by atoms with Gasteiger partial charge in [0.2, 0.25) is 15.9 Å². The number of carbonyl (C=O) groups excluding carboxylic acids is 2. The Hall–Kier alpha value is -2.98. The second kappa shape index (κ2) is 12.0. The lowest BCUT2D eigenvalue weighted by Crippen LogP contribution is -2.41. The minimum Gasteiger partial charge on any atom is -0.349 e. The molecule has 1 heterocycles. The zero-order valence-corrected chi connectivity index (χ0v) is 21.9. The van der Waals surface area contributed by atoms with Crippen molar-refractivity contribution in [3.8, 4) is 0 Å². The van der Waals surface area contributed by atoms with Crippen LogP contribution >= 0.6 is 0 Å². The molecular weight excluding hydrogens is 495 g/mol. The summed E-state index contributed by atoms with van der Waals surface area (Å²) in [6.45, 7) is 3.33. The summed E-state index contributed by atoms with van der Waals surface area (Å²) >= 11 is 0. The normalized spacial score (nSPS) is 21.2. The third-order valence-electron chi connectivity index (χ3n) is 7.21. The van der Waals surface area contributed by atoms with Crippen LogP contribution in [0, 0.1) is 11.7 Å². The van der Waals surface area contributed by atoms with Gasteiger partial charge in [0.15, 0.2) is 0 Å². The number of nitrogens with one attached hydrogen (secondary N) is 3. The summed E-state index contributed by atoms with van der Waals surface area (Å²) in [6.07, 6.45) is 5.41. The van der Waals surface area contributed by atoms with E-state index in [2.05, 4.69) is 15.4 Å². The molecule has 2 aromatic carbocycles. The summed E-state index contributed by atoms with van der Waals surface area (Å²) in [4.78, 5) is 27.0. The topological polar surface area (TPSA) is 108 Å². The van der Waals surface area contributed by atoms with Crippen LogP contribution < -0.4 is 15.4 Å². The Balaban J connectivity index is 1.25. The summed E-state index contributed by atoms with van der Waals surface area (Å²) in [5, 5.41) is 5.81. The summed E-state index contributed by atoms with van der Waals surface area (Å²) in [7, 11) is -3.73. The maximum absolute atomic E-state index is 13.1. The van der Waals surface area contributed by atoms with Crippen LogP contribution in [-0.4, -0.2) is 44.4 Å². The molecule has 2 aliphatic rings. The molecule has 0 radical (unpaired) electrons. The number of urea groups is 1. The summed E-state index contributed by atoms with van der Waals surface area (Å²) in [6, 6.07) is 11.6. The van der Waals surface area contributed by atoms with E-state index in [1.165, 1.54) is 24.3 Å². The number of nitrogens with zero attached hydrogens (tertiary/aromatic N) is 1. The van der Waals surface area contributed by atoms with E-state index in [4.69, 9.17) is 0 Å². The van der Waals surface area contributed by atoms with Crippen molar-refractivity contribution in [1.82, 2.24) is 14.9 Å². The predicted octanol–water partition coefficient (Wildman–Crippen LogP) is 4.56. The molecule has 3 N–H and O–H groups in total. The number of piperidine rings is 1. The van der Waals surface area contributed by atoms with E-state index in [9.17, 15) is 22.4 Å². The fourth-order valence-electron chi connectivity index (χ4n) is 4.94. The smallest absolute Gasteiger partial charge is 0.321 e. The third-order valence-corrected chi connectivity index (χ3v) is 8.74. The highest BCUT2D eigenvalue weighted by Gasteiger charge is 2.30. The fraction of sp³-hybridized carbons (Fsp3) is 0.481. The molecule has 1 aliphatic heterocycles. The Bertz CT molecular complexity index is 1170. The molecule has 1 aliphatic carbocycles. The van der Waals surface area contributed by atoms with Crippen LogP contribution in [0.4, 0.5) is 14.9 Å². The first-order valence-electron chi connectivity index (χ1n) is 13.0. The Morgan fingerprint density at radius 2 is 1.54 bits per heavy atom. The van der Waals surface area contributed by atoms with Gasteiger partial charge >= 0.3 is 6.03 Å². The minimum absolute atomic E-state index is 0.0691. The molecule has 200 valence electrons. The minimum atomic E-state index is -3.73. The van der Waals surface area contributed by atoms with E-state index in [0.717, 1.165) is 37.9 Å². The predicted molar refractivity (Wildman–Crippen MR) is 140 cm³/mol. The number of rotatable bonds is 7. The average molecular weight is 531 g/mol. The summed E-state index contributed by atoms with van der Waals surface area (Å²) < 4.78 is 41.7. The maximum atomic E-state index is 13.1. The van der Waals surface area contributed by atoms with Gasteiger partial charge in [0.1, 0.15) is 5.82 Å². The standard InChI is InChI=1S/C27H35FN4O4S/c1-19(20-5-9-22(28)10-6-20)29-26(33)21-7-11-24(12-8-21)31-37(35,36)25-15-13-23(14-16-25)30-27(34)32-17-3-2-4-18-32/h5-6,9-10,13-16,19,21,24,31H,2-4,7-8,11-12,17-18H2,1H3,(H,29,33)(H,30,34)/t19-,21-,24-/m1/s1. The third kappa shape index (κ3) is 7.29. The number of halogens is 1. The molecule has 0 aromatic heterocycles. The molecule has 1 saturated carbocycles. The van der Waals surface area contributed by atoms with Gasteiger partial charge in [-0.05, 0) is 93.8 Å². The lowest BCUT2D eigenvalue weighted by molar-refractivity contribution is -0.126. The van der Waals surface area contributed by atoms with Gasteiger partial charge in [-0.15, -0.1) is 0 Å². The van der Waals surface area contributed by atoms with Crippen LogP contribution in [0.2, 0.25) is 0 Å². The van der Waals surface area contributed by atoms with E-state index in [0.29, 0.717) is 31.4 Å². The van der Waals surface area contributed by atoms with Crippen molar-refractivity contribution in [2.75, 3.05) is 18.4 Å². The van der Waals surface area contributed by atoms with Gasteiger partial charge in [-0.25, -0.2) is 22.3 Å². The lowest BCUT2D eigenvalue weighted by Gasteiger charge is -2.29. The van der Waals surface area contributed by atoms with Crippen LogP contribution in [0.15, 0.2) is 53.4 Å². The van der Waals surface area contributed by atoms with Gasteiger partial charge < -0.3 is 15.5 Å². The number of likely N-dealkylation sites (tertiary alicyclic amines) is 1. The molecule has 2 fully saturated rings. The fourth-order valence-corrected chi connectivity index (χ4v) is 6.25. The zero-order valence-electron chi connectivity index (χ0n) is 21.1. The number of hydrogen-bond donors (Lipinski definition) is 3. The van der Waals surface area contributed by atoms with Crippen LogP contribution in [0.25, 0.3) is 0 Å². The molecule has 3 amide bonds. The van der Waals surface area contributed by atoms with Gasteiger partial charge in [0.25, 0.3) is 0 Å². The molecule has 0 spiro atoms. The first-order chi connectivity index (χ1) is 17.7. The van der Waals surface area contributed by atoms with Gasteiger partial charge in [-0.2, -0.15) is 0 Å². The first kappa shape index (κ1) is 27.1. The van der Waals surface area contributed by atoms with Crippen molar-refractivity contribution in [1.29, 1.82) is 0 Å². The molecule has 1 saturated heterocycles. The van der Waals surface area contributed by atoms with Crippen molar-refractivity contribution in [2.45, 2.75) is 68.8 Å². The van der Waals surface area contributed by atoms with Crippen molar-refractivity contribution < 1.29 is 22.4 Å². The number of sulfonamides is 1. The van der Waals surface area contributed by atoms with E-state index in [1.807, 2.05) is 6.92 Å². The SMILES string of the molecule is C[C@@H](NC(=O)[C@H]1CC[C@H](NS(=O)(=O)c2ccc(NC(=O)N3CCCCC3)cc2)CC1)c1ccc(F)cc1. The monoisotopic (exact) mass is 530 g/mol. The highest BCUT2D eigenvalue weighted by Crippen LogP contribution is 2.27. The molecule has 4 rings (SSSR count). The second-order valence-electron chi connectivity index (χ2n) is 9.95. The highest BCUT2D eigenvalue weighted by atomic mass is 32.2. The van der Waals surface area contributed by atoms with Gasteiger partial charge in [0, 0.05) is 30.7 Å². The van der Waals surface area contributed by atoms with Crippen LogP contribution in [0.3, 0.4) is 0 Å². The molecule has 10 heteroatoms. The Labute approximate surface area is 218 Å². The summed E-state index contributed by atoms with van der Waals surface area (Å²) in [5.41, 5.74) is 1.38. The van der Waals surface area contributed by atoms with E-state index >= 15 is 0 Å². The van der Waals surface area contributed by atoms with E-state index in [1.54, 1.807) is 29.2 Å². The lowest BCUT2D eigenvalue weighted by atomic mass is 9.85. The zero-order chi connectivity index (χ0) is 26.4. The maximum Gasteiger partial charge on any atom is 0.321 e. The van der Waals surface area contributed by atoms with E-state index in [-0.39, 0.29) is 40.7 Å². The Morgan fingerprint density at radius 3 is 2.16 bits per heavy atom. The largest absolute Gasteiger partial charge is 0.349 e. The Kier molecular flexibility index (Phi) is 8.81. The number of hydrogen-bond acceptors (Lipinski definition) is 4. The average Bonchev–Trinajstić information content (AvgIpc) is 2.90. The Morgan fingerprint density at radius 1 is 0.919 bits per heavy atom. The number of benzene rings is 2. The van der Waals surface area contributed by atoms with Crippen LogP contribution in [0.1, 0.15) is 63.5 Å². The van der Waals surface area contributed by atoms with Crippen molar-refractivity contribution in [3.63, 3.8) is 0 Å². The molecule has 1 atom stereocenters. The number of amides is 3. The molecule has 0 bridgehead atoms. The van der Waals surface area contributed by atoms with Gasteiger partial charge in [-0.3, -0.25) is 4.79 Å². The number of anilines is 1. The highest BCUT2D eigenvalue weighted by molar-refractivity contribution is 7.89. The van der Waals surface area contributed by atoms with E-state index < -0.39 is 10.0 Å². The molecule has 37 heavy (non-hydrogen) atoms. The van der Waals surface area contributed by atoms with Crippen LogP contribution in [0.5, 0.6) is 0 Å². The molecule has 8 nitrogen and oxygen atoms in total. The first-order valence-corrected chi connectivity index (χ1v) is 14.4. The molecule has 0 unspecified atom stereocenters.